The first-order chi connectivity index (χ1) is 4.88. The zero-order valence-corrected chi connectivity index (χ0v) is 5.71. The molecular formula is C7H10O3. The van der Waals surface area contributed by atoms with Crippen LogP contribution in [0.2, 0.25) is 0 Å². The molecule has 2 saturated heterocycles. The molecule has 0 aromatic heterocycles. The molecule has 2 atom stereocenters. The average Bonchev–Trinajstić information content (AvgIpc) is 2.34. The van der Waals surface area contributed by atoms with E-state index >= 15 is 0 Å². The zero-order valence-electron chi connectivity index (χ0n) is 5.71. The van der Waals surface area contributed by atoms with Crippen LogP contribution >= 0.6 is 0 Å². The first kappa shape index (κ1) is 6.16. The number of esters is 1. The molecule has 56 valence electrons. The number of carbonyl (C=O) groups excluding carboxylic acids is 1. The Morgan fingerprint density at radius 2 is 2.30 bits per heavy atom. The van der Waals surface area contributed by atoms with Gasteiger partial charge in [0.25, 0.3) is 0 Å². The molecule has 10 heavy (non-hydrogen) atoms. The van der Waals surface area contributed by atoms with Crippen molar-refractivity contribution >= 4 is 5.97 Å². The van der Waals surface area contributed by atoms with E-state index < -0.39 is 0 Å². The number of cyclic esters (lactones) is 1. The summed E-state index contributed by atoms with van der Waals surface area (Å²) >= 11 is 0. The maximum atomic E-state index is 10.9. The molecule has 0 aromatic carbocycles. The number of rotatable bonds is 0. The Kier molecular flexibility index (Phi) is 1.38. The highest BCUT2D eigenvalue weighted by molar-refractivity contribution is 5.74. The third kappa shape index (κ3) is 0.814. The van der Waals surface area contributed by atoms with Gasteiger partial charge in [-0.1, -0.05) is 0 Å². The van der Waals surface area contributed by atoms with Crippen LogP contribution < -0.4 is 0 Å². The van der Waals surface area contributed by atoms with Crippen molar-refractivity contribution in [2.75, 3.05) is 19.8 Å². The van der Waals surface area contributed by atoms with Gasteiger partial charge in [-0.3, -0.25) is 4.79 Å². The molecule has 0 aliphatic carbocycles. The summed E-state index contributed by atoms with van der Waals surface area (Å²) in [6, 6.07) is 0. The summed E-state index contributed by atoms with van der Waals surface area (Å²) in [5.41, 5.74) is 0. The molecule has 3 nitrogen and oxygen atoms in total. The minimum atomic E-state index is -0.0201. The van der Waals surface area contributed by atoms with Crippen LogP contribution in [0.1, 0.15) is 6.42 Å². The van der Waals surface area contributed by atoms with Gasteiger partial charge >= 0.3 is 5.97 Å². The summed E-state index contributed by atoms with van der Waals surface area (Å²) in [6.45, 7) is 2.00. The van der Waals surface area contributed by atoms with E-state index in [9.17, 15) is 4.79 Å². The number of ether oxygens (including phenoxy) is 2. The van der Waals surface area contributed by atoms with Gasteiger partial charge in [-0.2, -0.15) is 0 Å². The molecule has 0 amide bonds. The van der Waals surface area contributed by atoms with Crippen LogP contribution in [-0.4, -0.2) is 25.8 Å². The van der Waals surface area contributed by atoms with Gasteiger partial charge in [0.1, 0.15) is 0 Å². The van der Waals surface area contributed by atoms with Gasteiger partial charge in [0, 0.05) is 12.5 Å². The van der Waals surface area contributed by atoms with Crippen LogP contribution in [0.25, 0.3) is 0 Å². The van der Waals surface area contributed by atoms with Crippen molar-refractivity contribution in [1.29, 1.82) is 0 Å². The minimum absolute atomic E-state index is 0.0201. The van der Waals surface area contributed by atoms with E-state index in [1.807, 2.05) is 0 Å². The molecular weight excluding hydrogens is 132 g/mol. The Morgan fingerprint density at radius 3 is 3.10 bits per heavy atom. The molecule has 0 radical (unpaired) electrons. The fourth-order valence-electron chi connectivity index (χ4n) is 1.57. The summed E-state index contributed by atoms with van der Waals surface area (Å²) in [7, 11) is 0. The van der Waals surface area contributed by atoms with Crippen molar-refractivity contribution in [2.24, 2.45) is 11.8 Å². The maximum absolute atomic E-state index is 10.9. The molecule has 0 unspecified atom stereocenters. The lowest BCUT2D eigenvalue weighted by molar-refractivity contribution is -0.142. The highest BCUT2D eigenvalue weighted by atomic mass is 16.5. The molecule has 0 bridgehead atoms. The van der Waals surface area contributed by atoms with E-state index in [1.165, 1.54) is 0 Å². The van der Waals surface area contributed by atoms with Gasteiger partial charge in [-0.15, -0.1) is 0 Å². The SMILES string of the molecule is O=C1OC[C@@H]2COCC[C@H]12. The highest BCUT2D eigenvalue weighted by Gasteiger charge is 2.38. The molecule has 2 aliphatic heterocycles. The predicted octanol–water partition coefficient (Wildman–Crippen LogP) is 0.196. The Bertz CT molecular complexity index is 155. The molecule has 0 aromatic rings. The second kappa shape index (κ2) is 2.23. The molecule has 2 aliphatic rings. The monoisotopic (exact) mass is 142 g/mol. The molecule has 2 rings (SSSR count). The van der Waals surface area contributed by atoms with Crippen LogP contribution in [0.15, 0.2) is 0 Å². The molecule has 0 saturated carbocycles. The van der Waals surface area contributed by atoms with Gasteiger partial charge < -0.3 is 9.47 Å². The van der Waals surface area contributed by atoms with Crippen molar-refractivity contribution < 1.29 is 14.3 Å². The lowest BCUT2D eigenvalue weighted by Crippen LogP contribution is -2.27. The fraction of sp³-hybridized carbons (Fsp3) is 0.857. The fourth-order valence-corrected chi connectivity index (χ4v) is 1.57. The number of fused-ring (bicyclic) bond motifs is 1. The molecule has 2 heterocycles. The zero-order chi connectivity index (χ0) is 6.97. The Balaban J connectivity index is 2.08. The normalized spacial score (nSPS) is 39.0. The molecule has 0 spiro atoms. The van der Waals surface area contributed by atoms with Crippen molar-refractivity contribution in [3.63, 3.8) is 0 Å². The van der Waals surface area contributed by atoms with E-state index in [4.69, 9.17) is 9.47 Å². The van der Waals surface area contributed by atoms with Crippen molar-refractivity contribution in [3.05, 3.63) is 0 Å². The molecule has 2 fully saturated rings. The maximum Gasteiger partial charge on any atom is 0.309 e. The number of hydrogen-bond donors (Lipinski definition) is 0. The smallest absolute Gasteiger partial charge is 0.309 e. The Hall–Kier alpha value is -0.570. The first-order valence-electron chi connectivity index (χ1n) is 3.62. The third-order valence-corrected chi connectivity index (χ3v) is 2.22. The van der Waals surface area contributed by atoms with E-state index in [0.29, 0.717) is 19.1 Å². The van der Waals surface area contributed by atoms with E-state index in [-0.39, 0.29) is 11.9 Å². The predicted molar refractivity (Wildman–Crippen MR) is 33.4 cm³/mol. The number of hydrogen-bond acceptors (Lipinski definition) is 3. The van der Waals surface area contributed by atoms with Gasteiger partial charge in [-0.05, 0) is 6.42 Å². The van der Waals surface area contributed by atoms with Gasteiger partial charge in [-0.25, -0.2) is 0 Å². The van der Waals surface area contributed by atoms with Crippen LogP contribution in [0.4, 0.5) is 0 Å². The minimum Gasteiger partial charge on any atom is -0.465 e. The van der Waals surface area contributed by atoms with Gasteiger partial charge in [0.15, 0.2) is 0 Å². The van der Waals surface area contributed by atoms with Crippen LogP contribution in [0, 0.1) is 11.8 Å². The topological polar surface area (TPSA) is 35.5 Å². The highest BCUT2D eigenvalue weighted by Crippen LogP contribution is 2.28. The third-order valence-electron chi connectivity index (χ3n) is 2.22. The molecule has 3 heteroatoms. The van der Waals surface area contributed by atoms with E-state index in [1.54, 1.807) is 0 Å². The Morgan fingerprint density at radius 1 is 1.40 bits per heavy atom. The first-order valence-corrected chi connectivity index (χ1v) is 3.62. The van der Waals surface area contributed by atoms with Gasteiger partial charge in [0.05, 0.1) is 19.1 Å². The van der Waals surface area contributed by atoms with E-state index in [0.717, 1.165) is 13.0 Å². The van der Waals surface area contributed by atoms with Crippen molar-refractivity contribution in [1.82, 2.24) is 0 Å². The van der Waals surface area contributed by atoms with Gasteiger partial charge in [0.2, 0.25) is 0 Å². The number of carbonyl (C=O) groups is 1. The van der Waals surface area contributed by atoms with Crippen LogP contribution in [0.5, 0.6) is 0 Å². The summed E-state index contributed by atoms with van der Waals surface area (Å²) in [4.78, 5) is 10.9. The average molecular weight is 142 g/mol. The van der Waals surface area contributed by atoms with E-state index in [2.05, 4.69) is 0 Å². The lowest BCUT2D eigenvalue weighted by Gasteiger charge is -2.20. The molecule has 0 N–H and O–H groups in total. The van der Waals surface area contributed by atoms with Crippen molar-refractivity contribution in [2.45, 2.75) is 6.42 Å². The quantitative estimate of drug-likeness (QED) is 0.453. The largest absolute Gasteiger partial charge is 0.465 e. The lowest BCUT2D eigenvalue weighted by atomic mass is 9.92. The van der Waals surface area contributed by atoms with Crippen molar-refractivity contribution in [3.8, 4) is 0 Å². The second-order valence-electron chi connectivity index (χ2n) is 2.86. The standard InChI is InChI=1S/C7H10O3/c8-7-6-1-2-9-3-5(6)4-10-7/h5-6H,1-4H2/t5-,6-/m0/s1. The van der Waals surface area contributed by atoms with Crippen LogP contribution in [-0.2, 0) is 14.3 Å². The Labute approximate surface area is 59.3 Å². The summed E-state index contributed by atoms with van der Waals surface area (Å²) in [6.07, 6.45) is 0.851. The summed E-state index contributed by atoms with van der Waals surface area (Å²) in [5, 5.41) is 0. The summed E-state index contributed by atoms with van der Waals surface area (Å²) in [5.74, 6) is 0.475. The summed E-state index contributed by atoms with van der Waals surface area (Å²) < 4.78 is 10.1. The second-order valence-corrected chi connectivity index (χ2v) is 2.86. The van der Waals surface area contributed by atoms with Crippen LogP contribution in [0.3, 0.4) is 0 Å².